The zero-order valence-electron chi connectivity index (χ0n) is 17.2. The van der Waals surface area contributed by atoms with Gasteiger partial charge in [0, 0.05) is 26.8 Å². The van der Waals surface area contributed by atoms with E-state index in [1.807, 2.05) is 20.8 Å². The van der Waals surface area contributed by atoms with Crippen LogP contribution in [0.3, 0.4) is 0 Å². The van der Waals surface area contributed by atoms with Gasteiger partial charge in [-0.15, -0.1) is 0 Å². The summed E-state index contributed by atoms with van der Waals surface area (Å²) in [6.45, 7) is 13.7. The third kappa shape index (κ3) is 6.07. The number of carboxylic acid groups (broad SMARTS) is 1. The van der Waals surface area contributed by atoms with E-state index in [2.05, 4.69) is 24.7 Å². The Morgan fingerprint density at radius 3 is 2.48 bits per heavy atom. The van der Waals surface area contributed by atoms with Crippen molar-refractivity contribution in [2.24, 2.45) is 0 Å². The minimum Gasteiger partial charge on any atom is -0.476 e. The van der Waals surface area contributed by atoms with Crippen molar-refractivity contribution in [2.75, 3.05) is 13.2 Å². The summed E-state index contributed by atoms with van der Waals surface area (Å²) < 4.78 is 12.7. The molecule has 152 valence electrons. The van der Waals surface area contributed by atoms with Crippen LogP contribution in [0.2, 0.25) is 25.7 Å². The molecule has 0 aliphatic carbocycles. The second-order valence-electron chi connectivity index (χ2n) is 9.08. The third-order valence-corrected chi connectivity index (χ3v) is 5.91. The number of carbonyl (C=O) groups is 2. The Hall–Kier alpha value is -1.87. The molecule has 8 nitrogen and oxygen atoms in total. The van der Waals surface area contributed by atoms with Crippen LogP contribution in [0.1, 0.15) is 42.5 Å². The fourth-order valence-electron chi connectivity index (χ4n) is 2.77. The van der Waals surface area contributed by atoms with Crippen molar-refractivity contribution in [3.05, 3.63) is 17.0 Å². The van der Waals surface area contributed by atoms with Gasteiger partial charge in [0.1, 0.15) is 12.3 Å². The molecule has 2 rings (SSSR count). The second-order valence-corrected chi connectivity index (χ2v) is 14.7. The molecule has 1 aliphatic rings. The molecule has 0 radical (unpaired) electrons. The van der Waals surface area contributed by atoms with Gasteiger partial charge in [-0.3, -0.25) is 0 Å². The van der Waals surface area contributed by atoms with E-state index >= 15 is 0 Å². The first kappa shape index (κ1) is 21.4. The molecule has 0 saturated carbocycles. The Labute approximate surface area is 161 Å². The van der Waals surface area contributed by atoms with Crippen LogP contribution in [-0.2, 0) is 29.2 Å². The Kier molecular flexibility index (Phi) is 6.36. The summed E-state index contributed by atoms with van der Waals surface area (Å²) in [7, 11) is -1.20. The van der Waals surface area contributed by atoms with E-state index in [0.29, 0.717) is 30.8 Å². The summed E-state index contributed by atoms with van der Waals surface area (Å²) in [5.74, 6) is -1.06. The highest BCUT2D eigenvalue weighted by atomic mass is 28.3. The number of hydrogen-bond acceptors (Lipinski definition) is 5. The average molecular weight is 398 g/mol. The molecule has 1 N–H and O–H groups in total. The molecular weight excluding hydrogens is 366 g/mol. The van der Waals surface area contributed by atoms with E-state index in [0.717, 1.165) is 6.04 Å². The normalized spacial score (nSPS) is 14.8. The van der Waals surface area contributed by atoms with Gasteiger partial charge < -0.3 is 19.5 Å². The van der Waals surface area contributed by atoms with Gasteiger partial charge in [0.2, 0.25) is 0 Å². The maximum Gasteiger partial charge on any atom is 0.410 e. The van der Waals surface area contributed by atoms with Gasteiger partial charge in [-0.1, -0.05) is 19.6 Å². The van der Waals surface area contributed by atoms with Crippen molar-refractivity contribution in [2.45, 2.75) is 71.8 Å². The molecule has 0 saturated heterocycles. The van der Waals surface area contributed by atoms with Crippen LogP contribution in [0.25, 0.3) is 0 Å². The fourth-order valence-corrected chi connectivity index (χ4v) is 3.53. The molecule has 27 heavy (non-hydrogen) atoms. The Morgan fingerprint density at radius 1 is 1.26 bits per heavy atom. The van der Waals surface area contributed by atoms with E-state index in [1.165, 1.54) is 0 Å². The molecule has 1 amide bonds. The van der Waals surface area contributed by atoms with Crippen LogP contribution in [-0.4, -0.2) is 58.7 Å². The molecule has 9 heteroatoms. The SMILES string of the molecule is CC(C)(C)OC(=O)N1CCc2c(C(=O)O)nn(COCC[Si](C)(C)C)c2C1. The molecular formula is C18H31N3O5Si. The summed E-state index contributed by atoms with van der Waals surface area (Å²) >= 11 is 0. The molecule has 2 heterocycles. The lowest BCUT2D eigenvalue weighted by Gasteiger charge is -2.30. The monoisotopic (exact) mass is 397 g/mol. The number of carboxylic acids is 1. The van der Waals surface area contributed by atoms with Crippen molar-refractivity contribution in [1.82, 2.24) is 14.7 Å². The number of amides is 1. The summed E-state index contributed by atoms with van der Waals surface area (Å²) in [4.78, 5) is 25.5. The van der Waals surface area contributed by atoms with Gasteiger partial charge in [-0.25, -0.2) is 14.3 Å². The van der Waals surface area contributed by atoms with E-state index < -0.39 is 25.7 Å². The minimum atomic E-state index is -1.20. The van der Waals surface area contributed by atoms with Gasteiger partial charge in [-0.2, -0.15) is 5.10 Å². The van der Waals surface area contributed by atoms with Crippen molar-refractivity contribution in [3.8, 4) is 0 Å². The largest absolute Gasteiger partial charge is 0.476 e. The van der Waals surface area contributed by atoms with Crippen molar-refractivity contribution in [3.63, 3.8) is 0 Å². The van der Waals surface area contributed by atoms with Gasteiger partial charge in [0.15, 0.2) is 5.69 Å². The zero-order chi connectivity index (χ0) is 20.4. The lowest BCUT2D eigenvalue weighted by molar-refractivity contribution is 0.0205. The maximum atomic E-state index is 12.4. The number of carbonyl (C=O) groups excluding carboxylic acids is 1. The fraction of sp³-hybridized carbons (Fsp3) is 0.722. The topological polar surface area (TPSA) is 93.9 Å². The second kappa shape index (κ2) is 8.01. The number of ether oxygens (including phenoxy) is 2. The van der Waals surface area contributed by atoms with Crippen LogP contribution >= 0.6 is 0 Å². The molecule has 1 aromatic rings. The Bertz CT molecular complexity index is 703. The first-order chi connectivity index (χ1) is 12.4. The van der Waals surface area contributed by atoms with E-state index in [9.17, 15) is 14.7 Å². The smallest absolute Gasteiger partial charge is 0.410 e. The Balaban J connectivity index is 2.13. The van der Waals surface area contributed by atoms with Gasteiger partial charge >= 0.3 is 12.1 Å². The van der Waals surface area contributed by atoms with Crippen LogP contribution in [0.5, 0.6) is 0 Å². The standard InChI is InChI=1S/C18H31N3O5Si/c1-18(2,3)26-17(24)20-8-7-13-14(11-20)21(19-15(13)16(22)23)12-25-9-10-27(4,5)6/h7-12H2,1-6H3,(H,22,23). The Morgan fingerprint density at radius 2 is 1.93 bits per heavy atom. The molecule has 0 unspecified atom stereocenters. The molecule has 0 spiro atoms. The molecule has 0 fully saturated rings. The highest BCUT2D eigenvalue weighted by Crippen LogP contribution is 2.24. The lowest BCUT2D eigenvalue weighted by atomic mass is 10.0. The number of aromatic nitrogens is 2. The number of fused-ring (bicyclic) bond motifs is 1. The summed E-state index contributed by atoms with van der Waals surface area (Å²) in [6, 6.07) is 1.02. The molecule has 0 aromatic carbocycles. The summed E-state index contributed by atoms with van der Waals surface area (Å²) in [5, 5.41) is 13.7. The summed E-state index contributed by atoms with van der Waals surface area (Å²) in [6.07, 6.45) is 0.0305. The highest BCUT2D eigenvalue weighted by molar-refractivity contribution is 6.76. The zero-order valence-corrected chi connectivity index (χ0v) is 18.2. The van der Waals surface area contributed by atoms with E-state index in [4.69, 9.17) is 9.47 Å². The molecule has 1 aromatic heterocycles. The van der Waals surface area contributed by atoms with Crippen LogP contribution in [0.15, 0.2) is 0 Å². The number of nitrogens with zero attached hydrogens (tertiary/aromatic N) is 3. The number of hydrogen-bond donors (Lipinski definition) is 1. The molecule has 1 aliphatic heterocycles. The lowest BCUT2D eigenvalue weighted by Crippen LogP contribution is -2.40. The average Bonchev–Trinajstić information content (AvgIpc) is 2.87. The van der Waals surface area contributed by atoms with E-state index in [1.54, 1.807) is 9.58 Å². The molecule has 0 bridgehead atoms. The first-order valence-corrected chi connectivity index (χ1v) is 13.0. The molecule has 0 atom stereocenters. The highest BCUT2D eigenvalue weighted by Gasteiger charge is 2.32. The predicted octanol–water partition coefficient (Wildman–Crippen LogP) is 3.19. The third-order valence-electron chi connectivity index (χ3n) is 4.20. The number of rotatable bonds is 6. The van der Waals surface area contributed by atoms with Crippen LogP contribution < -0.4 is 0 Å². The van der Waals surface area contributed by atoms with Crippen molar-refractivity contribution >= 4 is 20.1 Å². The van der Waals surface area contributed by atoms with E-state index in [-0.39, 0.29) is 19.0 Å². The van der Waals surface area contributed by atoms with Crippen LogP contribution in [0.4, 0.5) is 4.79 Å². The maximum absolute atomic E-state index is 12.4. The minimum absolute atomic E-state index is 0.0441. The predicted molar refractivity (Wildman–Crippen MR) is 104 cm³/mol. The van der Waals surface area contributed by atoms with Gasteiger partial charge in [-0.05, 0) is 33.2 Å². The quantitative estimate of drug-likeness (QED) is 0.585. The van der Waals surface area contributed by atoms with Gasteiger partial charge in [0.25, 0.3) is 0 Å². The number of aromatic carboxylic acids is 1. The van der Waals surface area contributed by atoms with Gasteiger partial charge in [0.05, 0.1) is 12.2 Å². The van der Waals surface area contributed by atoms with Crippen molar-refractivity contribution in [1.29, 1.82) is 0 Å². The summed E-state index contributed by atoms with van der Waals surface area (Å²) in [5.41, 5.74) is 0.848. The van der Waals surface area contributed by atoms with Crippen LogP contribution in [0, 0.1) is 0 Å². The first-order valence-electron chi connectivity index (χ1n) is 9.25. The van der Waals surface area contributed by atoms with Crippen molar-refractivity contribution < 1.29 is 24.2 Å².